The van der Waals surface area contributed by atoms with Gasteiger partial charge in [-0.3, -0.25) is 4.90 Å². The van der Waals surface area contributed by atoms with Crippen molar-refractivity contribution < 1.29 is 13.2 Å². The molecule has 0 aromatic heterocycles. The Hall–Kier alpha value is -0.170. The Morgan fingerprint density at radius 2 is 1.85 bits per heavy atom. The van der Waals surface area contributed by atoms with Gasteiger partial charge in [-0.25, -0.2) is 8.42 Å². The van der Waals surface area contributed by atoms with Crippen molar-refractivity contribution in [3.63, 3.8) is 0 Å². The SMILES string of the molecule is CS(=O)(=O)CCCC(N)C1(N2CCOCC2)CCCC1. The van der Waals surface area contributed by atoms with Gasteiger partial charge in [-0.2, -0.15) is 0 Å². The first-order valence-corrected chi connectivity index (χ1v) is 9.76. The molecule has 0 radical (unpaired) electrons. The van der Waals surface area contributed by atoms with Crippen LogP contribution in [0.2, 0.25) is 0 Å². The molecule has 0 amide bonds. The molecule has 6 heteroatoms. The van der Waals surface area contributed by atoms with Crippen molar-refractivity contribution in [3.05, 3.63) is 0 Å². The number of hydrogen-bond donors (Lipinski definition) is 1. The van der Waals surface area contributed by atoms with E-state index in [1.807, 2.05) is 0 Å². The van der Waals surface area contributed by atoms with Gasteiger partial charge in [-0.05, 0) is 25.7 Å². The highest BCUT2D eigenvalue weighted by Gasteiger charge is 2.44. The summed E-state index contributed by atoms with van der Waals surface area (Å²) in [5.74, 6) is 0.250. The number of rotatable bonds is 6. The molecule has 1 heterocycles. The lowest BCUT2D eigenvalue weighted by Crippen LogP contribution is -2.61. The normalized spacial score (nSPS) is 25.7. The highest BCUT2D eigenvalue weighted by molar-refractivity contribution is 7.90. The van der Waals surface area contributed by atoms with Gasteiger partial charge in [-0.1, -0.05) is 12.8 Å². The van der Waals surface area contributed by atoms with Crippen molar-refractivity contribution >= 4 is 9.84 Å². The lowest BCUT2D eigenvalue weighted by Gasteiger charge is -2.47. The van der Waals surface area contributed by atoms with Crippen molar-refractivity contribution in [2.75, 3.05) is 38.3 Å². The zero-order valence-electron chi connectivity index (χ0n) is 12.5. The van der Waals surface area contributed by atoms with Crippen molar-refractivity contribution in [2.45, 2.75) is 50.1 Å². The predicted molar refractivity (Wildman–Crippen MR) is 80.5 cm³/mol. The predicted octanol–water partition coefficient (Wildman–Crippen LogP) is 0.784. The number of nitrogens with two attached hydrogens (primary N) is 1. The Morgan fingerprint density at radius 1 is 1.25 bits per heavy atom. The number of sulfone groups is 1. The maximum Gasteiger partial charge on any atom is 0.147 e. The summed E-state index contributed by atoms with van der Waals surface area (Å²) in [6.45, 7) is 3.50. The third-order valence-corrected chi connectivity index (χ3v) is 5.86. The molecule has 0 bridgehead atoms. The molecule has 2 fully saturated rings. The fourth-order valence-corrected chi connectivity index (χ4v) is 4.44. The van der Waals surface area contributed by atoms with Crippen molar-refractivity contribution in [3.8, 4) is 0 Å². The lowest BCUT2D eigenvalue weighted by molar-refractivity contribution is -0.0316. The van der Waals surface area contributed by atoms with Gasteiger partial charge in [0.1, 0.15) is 9.84 Å². The molecular formula is C14H28N2O3S. The first-order chi connectivity index (χ1) is 9.44. The third-order valence-electron chi connectivity index (χ3n) is 4.83. The molecule has 2 N–H and O–H groups in total. The van der Waals surface area contributed by atoms with Crippen LogP contribution in [-0.4, -0.2) is 63.2 Å². The summed E-state index contributed by atoms with van der Waals surface area (Å²) in [5.41, 5.74) is 6.58. The molecule has 1 aliphatic carbocycles. The quantitative estimate of drug-likeness (QED) is 0.785. The van der Waals surface area contributed by atoms with Crippen LogP contribution in [0.15, 0.2) is 0 Å². The molecule has 0 aromatic rings. The molecule has 20 heavy (non-hydrogen) atoms. The Kier molecular flexibility index (Phi) is 5.45. The van der Waals surface area contributed by atoms with Crippen LogP contribution < -0.4 is 5.73 Å². The molecule has 1 aliphatic heterocycles. The van der Waals surface area contributed by atoms with E-state index in [0.29, 0.717) is 6.42 Å². The zero-order valence-corrected chi connectivity index (χ0v) is 13.3. The van der Waals surface area contributed by atoms with Crippen molar-refractivity contribution in [2.24, 2.45) is 5.73 Å². The van der Waals surface area contributed by atoms with E-state index in [4.69, 9.17) is 10.5 Å². The molecule has 1 unspecified atom stereocenters. The molecule has 1 atom stereocenters. The maximum absolute atomic E-state index is 11.2. The van der Waals surface area contributed by atoms with Crippen LogP contribution in [0, 0.1) is 0 Å². The van der Waals surface area contributed by atoms with E-state index in [1.165, 1.54) is 19.1 Å². The Labute approximate surface area is 122 Å². The van der Waals surface area contributed by atoms with E-state index in [2.05, 4.69) is 4.90 Å². The molecule has 5 nitrogen and oxygen atoms in total. The van der Waals surface area contributed by atoms with Gasteiger partial charge in [-0.15, -0.1) is 0 Å². The van der Waals surface area contributed by atoms with Crippen LogP contribution in [0.1, 0.15) is 38.5 Å². The van der Waals surface area contributed by atoms with Crippen LogP contribution in [0.5, 0.6) is 0 Å². The summed E-state index contributed by atoms with van der Waals surface area (Å²) in [7, 11) is -2.88. The van der Waals surface area contributed by atoms with Gasteiger partial charge in [0.25, 0.3) is 0 Å². The van der Waals surface area contributed by atoms with E-state index in [9.17, 15) is 8.42 Å². The smallest absolute Gasteiger partial charge is 0.147 e. The molecule has 1 saturated carbocycles. The molecule has 2 aliphatic rings. The number of nitrogens with zero attached hydrogens (tertiary/aromatic N) is 1. The summed E-state index contributed by atoms with van der Waals surface area (Å²) in [6, 6.07) is 0.0739. The largest absolute Gasteiger partial charge is 0.379 e. The third kappa shape index (κ3) is 3.93. The van der Waals surface area contributed by atoms with Crippen LogP contribution in [0.3, 0.4) is 0 Å². The molecule has 2 rings (SSSR count). The lowest BCUT2D eigenvalue weighted by atomic mass is 9.84. The fraction of sp³-hybridized carbons (Fsp3) is 1.00. The van der Waals surface area contributed by atoms with E-state index >= 15 is 0 Å². The standard InChI is InChI=1S/C14H28N2O3S/c1-20(17,18)12-4-5-13(15)14(6-2-3-7-14)16-8-10-19-11-9-16/h13H,2-12,15H2,1H3. The second kappa shape index (κ2) is 6.73. The second-order valence-electron chi connectivity index (χ2n) is 6.29. The number of ether oxygens (including phenoxy) is 1. The Balaban J connectivity index is 1.96. The minimum Gasteiger partial charge on any atom is -0.379 e. The summed E-state index contributed by atoms with van der Waals surface area (Å²) in [6.07, 6.45) is 7.52. The fourth-order valence-electron chi connectivity index (χ4n) is 3.75. The average molecular weight is 304 g/mol. The molecule has 0 spiro atoms. The van der Waals surface area contributed by atoms with E-state index in [0.717, 1.165) is 45.6 Å². The minimum atomic E-state index is -2.88. The molecule has 118 valence electrons. The van der Waals surface area contributed by atoms with Gasteiger partial charge < -0.3 is 10.5 Å². The second-order valence-corrected chi connectivity index (χ2v) is 8.55. The summed E-state index contributed by atoms with van der Waals surface area (Å²) < 4.78 is 27.9. The van der Waals surface area contributed by atoms with Gasteiger partial charge >= 0.3 is 0 Å². The Bertz CT molecular complexity index is 399. The van der Waals surface area contributed by atoms with Crippen molar-refractivity contribution in [1.29, 1.82) is 0 Å². The first kappa shape index (κ1) is 16.2. The first-order valence-electron chi connectivity index (χ1n) is 7.70. The van der Waals surface area contributed by atoms with E-state index in [-0.39, 0.29) is 17.3 Å². The van der Waals surface area contributed by atoms with Crippen LogP contribution >= 0.6 is 0 Å². The molecule has 1 saturated heterocycles. The number of hydrogen-bond acceptors (Lipinski definition) is 5. The zero-order chi connectivity index (χ0) is 14.6. The van der Waals surface area contributed by atoms with Crippen LogP contribution in [-0.2, 0) is 14.6 Å². The Morgan fingerprint density at radius 3 is 2.40 bits per heavy atom. The van der Waals surface area contributed by atoms with Crippen LogP contribution in [0.4, 0.5) is 0 Å². The van der Waals surface area contributed by atoms with E-state index in [1.54, 1.807) is 0 Å². The highest BCUT2D eigenvalue weighted by atomic mass is 32.2. The monoisotopic (exact) mass is 304 g/mol. The average Bonchev–Trinajstić information content (AvgIpc) is 2.89. The van der Waals surface area contributed by atoms with Gasteiger partial charge in [0.15, 0.2) is 0 Å². The van der Waals surface area contributed by atoms with E-state index < -0.39 is 9.84 Å². The topological polar surface area (TPSA) is 72.6 Å². The summed E-state index contributed by atoms with van der Waals surface area (Å²) >= 11 is 0. The summed E-state index contributed by atoms with van der Waals surface area (Å²) in [4.78, 5) is 2.51. The van der Waals surface area contributed by atoms with Gasteiger partial charge in [0, 0.05) is 36.7 Å². The minimum absolute atomic E-state index is 0.0739. The maximum atomic E-state index is 11.2. The highest BCUT2D eigenvalue weighted by Crippen LogP contribution is 2.39. The number of morpholine rings is 1. The molecular weight excluding hydrogens is 276 g/mol. The van der Waals surface area contributed by atoms with Crippen LogP contribution in [0.25, 0.3) is 0 Å². The van der Waals surface area contributed by atoms with Gasteiger partial charge in [0.05, 0.1) is 13.2 Å². The molecule has 0 aromatic carbocycles. The van der Waals surface area contributed by atoms with Gasteiger partial charge in [0.2, 0.25) is 0 Å². The summed E-state index contributed by atoms with van der Waals surface area (Å²) in [5, 5.41) is 0. The van der Waals surface area contributed by atoms with Crippen molar-refractivity contribution in [1.82, 2.24) is 4.90 Å².